The lowest BCUT2D eigenvalue weighted by Crippen LogP contribution is -2.04. The lowest BCUT2D eigenvalue weighted by atomic mass is 10.3. The predicted octanol–water partition coefficient (Wildman–Crippen LogP) is 0.781. The number of hydrogen-bond acceptors (Lipinski definition) is 5. The van der Waals surface area contributed by atoms with Gasteiger partial charge in [0.15, 0.2) is 0 Å². The second-order valence-electron chi connectivity index (χ2n) is 3.69. The van der Waals surface area contributed by atoms with Crippen LogP contribution in [0.15, 0.2) is 4.42 Å². The molecule has 2 atom stereocenters. The van der Waals surface area contributed by atoms with Gasteiger partial charge < -0.3 is 15.5 Å². The average molecular weight is 196 g/mol. The summed E-state index contributed by atoms with van der Waals surface area (Å²) < 4.78 is 5.35. The minimum absolute atomic E-state index is 0.533. The number of rotatable bonds is 5. The highest BCUT2D eigenvalue weighted by Crippen LogP contribution is 2.35. The second-order valence-corrected chi connectivity index (χ2v) is 3.69. The normalized spacial score (nSPS) is 25.0. The molecule has 1 aliphatic carbocycles. The van der Waals surface area contributed by atoms with E-state index >= 15 is 0 Å². The van der Waals surface area contributed by atoms with Crippen LogP contribution in [-0.4, -0.2) is 22.8 Å². The number of nitrogens with two attached hydrogens (primary N) is 1. The molecule has 0 saturated heterocycles. The maximum Gasteiger partial charge on any atom is 0.315 e. The van der Waals surface area contributed by atoms with E-state index in [1.54, 1.807) is 0 Å². The van der Waals surface area contributed by atoms with Crippen LogP contribution in [0.25, 0.3) is 0 Å². The summed E-state index contributed by atoms with van der Waals surface area (Å²) >= 11 is 0. The molecule has 78 valence electrons. The molecule has 1 aromatic heterocycles. The van der Waals surface area contributed by atoms with Crippen molar-refractivity contribution in [2.75, 3.05) is 11.9 Å². The van der Waals surface area contributed by atoms with Crippen LogP contribution in [0.5, 0.6) is 0 Å². The van der Waals surface area contributed by atoms with E-state index in [1.807, 2.05) is 0 Å². The topological polar surface area (TPSA) is 77.0 Å². The van der Waals surface area contributed by atoms with E-state index in [1.165, 1.54) is 12.8 Å². The molecule has 14 heavy (non-hydrogen) atoms. The molecule has 5 nitrogen and oxygen atoms in total. The van der Waals surface area contributed by atoms with Crippen molar-refractivity contribution < 1.29 is 4.42 Å². The SMILES string of the molecule is CCC1CC1Nc1nnc(CCN)o1. The summed E-state index contributed by atoms with van der Waals surface area (Å²) in [6, 6.07) is 1.07. The van der Waals surface area contributed by atoms with E-state index in [4.69, 9.17) is 10.2 Å². The highest BCUT2D eigenvalue weighted by molar-refractivity contribution is 5.24. The van der Waals surface area contributed by atoms with Gasteiger partial charge in [-0.05, 0) is 12.3 Å². The third-order valence-electron chi connectivity index (χ3n) is 2.58. The molecule has 1 aliphatic rings. The minimum atomic E-state index is 0.533. The molecule has 1 heterocycles. The van der Waals surface area contributed by atoms with Crippen LogP contribution < -0.4 is 11.1 Å². The molecule has 2 rings (SSSR count). The number of nitrogens with zero attached hydrogens (tertiary/aromatic N) is 2. The fourth-order valence-corrected chi connectivity index (χ4v) is 1.57. The van der Waals surface area contributed by atoms with Crippen LogP contribution in [0.2, 0.25) is 0 Å². The molecule has 1 fully saturated rings. The van der Waals surface area contributed by atoms with Crippen LogP contribution in [-0.2, 0) is 6.42 Å². The Morgan fingerprint density at radius 3 is 3.07 bits per heavy atom. The summed E-state index contributed by atoms with van der Waals surface area (Å²) in [5.74, 6) is 1.39. The van der Waals surface area contributed by atoms with Gasteiger partial charge in [0.2, 0.25) is 5.89 Å². The van der Waals surface area contributed by atoms with Crippen molar-refractivity contribution in [2.45, 2.75) is 32.2 Å². The van der Waals surface area contributed by atoms with Gasteiger partial charge in [0, 0.05) is 19.0 Å². The van der Waals surface area contributed by atoms with Gasteiger partial charge in [-0.15, -0.1) is 5.10 Å². The lowest BCUT2D eigenvalue weighted by Gasteiger charge is -1.96. The molecule has 5 heteroatoms. The summed E-state index contributed by atoms with van der Waals surface area (Å²) in [5, 5.41) is 11.0. The van der Waals surface area contributed by atoms with Crippen molar-refractivity contribution in [3.63, 3.8) is 0 Å². The van der Waals surface area contributed by atoms with Gasteiger partial charge in [-0.3, -0.25) is 0 Å². The molecule has 0 aromatic carbocycles. The molecular weight excluding hydrogens is 180 g/mol. The summed E-state index contributed by atoms with van der Waals surface area (Å²) in [7, 11) is 0. The largest absolute Gasteiger partial charge is 0.408 e. The Bertz CT molecular complexity index is 299. The van der Waals surface area contributed by atoms with Crippen LogP contribution in [0.1, 0.15) is 25.7 Å². The Kier molecular flexibility index (Phi) is 2.67. The van der Waals surface area contributed by atoms with E-state index < -0.39 is 0 Å². The molecule has 0 amide bonds. The van der Waals surface area contributed by atoms with Gasteiger partial charge >= 0.3 is 6.01 Å². The highest BCUT2D eigenvalue weighted by atomic mass is 16.4. The standard InChI is InChI=1S/C9H16N4O/c1-2-6-5-7(6)11-9-13-12-8(14-9)3-4-10/h6-7H,2-5,10H2,1H3,(H,11,13). The Morgan fingerprint density at radius 1 is 1.57 bits per heavy atom. The Morgan fingerprint density at radius 2 is 2.43 bits per heavy atom. The average Bonchev–Trinajstić information content (AvgIpc) is 2.78. The molecule has 0 radical (unpaired) electrons. The van der Waals surface area contributed by atoms with Gasteiger partial charge in [0.1, 0.15) is 0 Å². The summed E-state index contributed by atoms with van der Waals surface area (Å²) in [6.07, 6.45) is 3.07. The fourth-order valence-electron chi connectivity index (χ4n) is 1.57. The summed E-state index contributed by atoms with van der Waals surface area (Å²) in [4.78, 5) is 0. The first-order valence-corrected chi connectivity index (χ1v) is 5.12. The molecule has 0 spiro atoms. The van der Waals surface area contributed by atoms with E-state index in [-0.39, 0.29) is 0 Å². The number of anilines is 1. The van der Waals surface area contributed by atoms with Crippen molar-refractivity contribution in [3.8, 4) is 0 Å². The molecule has 3 N–H and O–H groups in total. The van der Waals surface area contributed by atoms with Crippen molar-refractivity contribution >= 4 is 6.01 Å². The lowest BCUT2D eigenvalue weighted by molar-refractivity contribution is 0.504. The van der Waals surface area contributed by atoms with E-state index in [0.717, 1.165) is 5.92 Å². The number of nitrogens with one attached hydrogen (secondary N) is 1. The van der Waals surface area contributed by atoms with Crippen molar-refractivity contribution in [3.05, 3.63) is 5.89 Å². The van der Waals surface area contributed by atoms with Gasteiger partial charge in [-0.25, -0.2) is 0 Å². The zero-order chi connectivity index (χ0) is 9.97. The van der Waals surface area contributed by atoms with Gasteiger partial charge in [0.25, 0.3) is 0 Å². The van der Waals surface area contributed by atoms with Gasteiger partial charge in [-0.2, -0.15) is 0 Å². The first-order valence-electron chi connectivity index (χ1n) is 5.12. The van der Waals surface area contributed by atoms with E-state index in [2.05, 4.69) is 22.4 Å². The van der Waals surface area contributed by atoms with Crippen molar-refractivity contribution in [1.29, 1.82) is 0 Å². The van der Waals surface area contributed by atoms with Crippen molar-refractivity contribution in [2.24, 2.45) is 11.7 Å². The van der Waals surface area contributed by atoms with Crippen LogP contribution in [0.4, 0.5) is 6.01 Å². The molecule has 0 bridgehead atoms. The van der Waals surface area contributed by atoms with Crippen LogP contribution in [0, 0.1) is 5.92 Å². The molecule has 1 aromatic rings. The Balaban J connectivity index is 1.85. The molecular formula is C9H16N4O. The maximum absolute atomic E-state index is 5.38. The Labute approximate surface area is 83.1 Å². The zero-order valence-electron chi connectivity index (χ0n) is 8.36. The van der Waals surface area contributed by atoms with Crippen molar-refractivity contribution in [1.82, 2.24) is 10.2 Å². The summed E-state index contributed by atoms with van der Waals surface area (Å²) in [5.41, 5.74) is 5.38. The van der Waals surface area contributed by atoms with Crippen LogP contribution >= 0.6 is 0 Å². The van der Waals surface area contributed by atoms with Crippen LogP contribution in [0.3, 0.4) is 0 Å². The minimum Gasteiger partial charge on any atom is -0.408 e. The number of aromatic nitrogens is 2. The van der Waals surface area contributed by atoms with Gasteiger partial charge in [-0.1, -0.05) is 18.4 Å². The number of hydrogen-bond donors (Lipinski definition) is 2. The zero-order valence-corrected chi connectivity index (χ0v) is 8.36. The monoisotopic (exact) mass is 196 g/mol. The third kappa shape index (κ3) is 2.04. The quantitative estimate of drug-likeness (QED) is 0.727. The van der Waals surface area contributed by atoms with E-state index in [9.17, 15) is 0 Å². The highest BCUT2D eigenvalue weighted by Gasteiger charge is 2.36. The predicted molar refractivity (Wildman–Crippen MR) is 52.9 cm³/mol. The molecule has 2 unspecified atom stereocenters. The molecule has 0 aliphatic heterocycles. The third-order valence-corrected chi connectivity index (χ3v) is 2.58. The second kappa shape index (κ2) is 3.96. The maximum atomic E-state index is 5.38. The molecule has 1 saturated carbocycles. The summed E-state index contributed by atoms with van der Waals surface area (Å²) in [6.45, 7) is 2.74. The van der Waals surface area contributed by atoms with E-state index in [0.29, 0.717) is 30.9 Å². The smallest absolute Gasteiger partial charge is 0.315 e. The van der Waals surface area contributed by atoms with Gasteiger partial charge in [0.05, 0.1) is 0 Å². The first kappa shape index (κ1) is 9.45. The fraction of sp³-hybridized carbons (Fsp3) is 0.778. The Hall–Kier alpha value is -1.10. The first-order chi connectivity index (χ1) is 6.83.